The molecule has 0 aliphatic rings. The molecular formula is C15H15FN2O3. The number of nitro benzene ring substituents is 1. The fourth-order valence-corrected chi connectivity index (χ4v) is 1.89. The highest BCUT2D eigenvalue weighted by Crippen LogP contribution is 2.21. The molecule has 0 fully saturated rings. The summed E-state index contributed by atoms with van der Waals surface area (Å²) in [7, 11) is 1.77. The lowest BCUT2D eigenvalue weighted by atomic mass is 10.2. The van der Waals surface area contributed by atoms with Crippen LogP contribution in [-0.2, 0) is 13.2 Å². The lowest BCUT2D eigenvalue weighted by Crippen LogP contribution is -2.08. The number of nitrogens with zero attached hydrogens (tertiary/aromatic N) is 1. The Hall–Kier alpha value is -2.47. The summed E-state index contributed by atoms with van der Waals surface area (Å²) in [6.07, 6.45) is 0. The minimum absolute atomic E-state index is 0.0383. The van der Waals surface area contributed by atoms with Gasteiger partial charge in [0.1, 0.15) is 18.2 Å². The monoisotopic (exact) mass is 290 g/mol. The molecule has 0 aliphatic carbocycles. The minimum Gasteiger partial charge on any atom is -0.489 e. The SMILES string of the molecule is CNCc1cc(F)ccc1OCc1ccc([N+](=O)[O-])cc1. The number of nitro groups is 1. The lowest BCUT2D eigenvalue weighted by Gasteiger charge is -2.11. The van der Waals surface area contributed by atoms with Crippen LogP contribution in [0.4, 0.5) is 10.1 Å². The van der Waals surface area contributed by atoms with Crippen LogP contribution in [-0.4, -0.2) is 12.0 Å². The number of rotatable bonds is 6. The van der Waals surface area contributed by atoms with E-state index in [0.29, 0.717) is 12.3 Å². The quantitative estimate of drug-likeness (QED) is 0.656. The molecule has 110 valence electrons. The Bertz CT molecular complexity index is 629. The third kappa shape index (κ3) is 4.00. The van der Waals surface area contributed by atoms with E-state index in [2.05, 4.69) is 5.32 Å². The zero-order valence-corrected chi connectivity index (χ0v) is 11.5. The van der Waals surface area contributed by atoms with Gasteiger partial charge < -0.3 is 10.1 Å². The van der Waals surface area contributed by atoms with E-state index in [0.717, 1.165) is 11.1 Å². The molecule has 5 nitrogen and oxygen atoms in total. The Morgan fingerprint density at radius 1 is 1.24 bits per heavy atom. The molecule has 21 heavy (non-hydrogen) atoms. The second-order valence-electron chi connectivity index (χ2n) is 4.49. The first-order valence-corrected chi connectivity index (χ1v) is 6.39. The van der Waals surface area contributed by atoms with E-state index in [1.165, 1.54) is 24.3 Å². The van der Waals surface area contributed by atoms with Gasteiger partial charge in [-0.1, -0.05) is 0 Å². The van der Waals surface area contributed by atoms with E-state index in [1.807, 2.05) is 0 Å². The molecule has 0 saturated heterocycles. The van der Waals surface area contributed by atoms with Crippen LogP contribution >= 0.6 is 0 Å². The van der Waals surface area contributed by atoms with Crippen LogP contribution in [0.5, 0.6) is 5.75 Å². The molecule has 1 N–H and O–H groups in total. The van der Waals surface area contributed by atoms with Crippen molar-refractivity contribution in [3.8, 4) is 5.75 Å². The van der Waals surface area contributed by atoms with Crippen LogP contribution in [0.1, 0.15) is 11.1 Å². The van der Waals surface area contributed by atoms with E-state index < -0.39 is 4.92 Å². The van der Waals surface area contributed by atoms with E-state index in [4.69, 9.17) is 4.74 Å². The minimum atomic E-state index is -0.449. The van der Waals surface area contributed by atoms with E-state index in [-0.39, 0.29) is 18.1 Å². The lowest BCUT2D eigenvalue weighted by molar-refractivity contribution is -0.384. The molecule has 2 rings (SSSR count). The normalized spacial score (nSPS) is 10.4. The fourth-order valence-electron chi connectivity index (χ4n) is 1.89. The fraction of sp³-hybridized carbons (Fsp3) is 0.200. The molecule has 0 heterocycles. The van der Waals surface area contributed by atoms with Gasteiger partial charge >= 0.3 is 0 Å². The van der Waals surface area contributed by atoms with Crippen LogP contribution in [0.15, 0.2) is 42.5 Å². The molecule has 2 aromatic carbocycles. The van der Waals surface area contributed by atoms with Crippen molar-refractivity contribution in [3.63, 3.8) is 0 Å². The number of non-ortho nitro benzene ring substituents is 1. The number of hydrogen-bond acceptors (Lipinski definition) is 4. The summed E-state index contributed by atoms with van der Waals surface area (Å²) in [6.45, 7) is 0.758. The number of halogens is 1. The van der Waals surface area contributed by atoms with Gasteiger partial charge in [-0.2, -0.15) is 0 Å². The van der Waals surface area contributed by atoms with Crippen LogP contribution in [0, 0.1) is 15.9 Å². The van der Waals surface area contributed by atoms with Crippen molar-refractivity contribution < 1.29 is 14.1 Å². The van der Waals surface area contributed by atoms with Crippen molar-refractivity contribution in [3.05, 3.63) is 69.5 Å². The summed E-state index contributed by atoms with van der Waals surface area (Å²) in [6, 6.07) is 10.5. The predicted molar refractivity (Wildman–Crippen MR) is 76.6 cm³/mol. The molecule has 6 heteroatoms. The molecule has 0 bridgehead atoms. The van der Waals surface area contributed by atoms with Crippen LogP contribution in [0.3, 0.4) is 0 Å². The highest BCUT2D eigenvalue weighted by Gasteiger charge is 2.07. The van der Waals surface area contributed by atoms with Crippen molar-refractivity contribution in [1.29, 1.82) is 0 Å². The summed E-state index contributed by atoms with van der Waals surface area (Å²) in [5, 5.41) is 13.5. The number of ether oxygens (including phenoxy) is 1. The topological polar surface area (TPSA) is 64.4 Å². The Morgan fingerprint density at radius 2 is 1.95 bits per heavy atom. The maximum Gasteiger partial charge on any atom is 0.269 e. The van der Waals surface area contributed by atoms with Gasteiger partial charge in [0.25, 0.3) is 5.69 Å². The molecule has 2 aromatic rings. The maximum atomic E-state index is 13.2. The molecule has 0 amide bonds. The molecule has 0 aliphatic heterocycles. The third-order valence-electron chi connectivity index (χ3n) is 2.93. The average molecular weight is 290 g/mol. The highest BCUT2D eigenvalue weighted by atomic mass is 19.1. The van der Waals surface area contributed by atoms with Crippen molar-refractivity contribution >= 4 is 5.69 Å². The number of benzene rings is 2. The van der Waals surface area contributed by atoms with E-state index in [9.17, 15) is 14.5 Å². The van der Waals surface area contributed by atoms with Gasteiger partial charge in [-0.25, -0.2) is 4.39 Å². The summed E-state index contributed by atoms with van der Waals surface area (Å²) >= 11 is 0. The van der Waals surface area contributed by atoms with Gasteiger partial charge in [0.05, 0.1) is 4.92 Å². The Morgan fingerprint density at radius 3 is 2.57 bits per heavy atom. The van der Waals surface area contributed by atoms with E-state index >= 15 is 0 Å². The van der Waals surface area contributed by atoms with Gasteiger partial charge in [-0.15, -0.1) is 0 Å². The summed E-state index contributed by atoms with van der Waals surface area (Å²) in [5.41, 5.74) is 1.57. The maximum absolute atomic E-state index is 13.2. The Balaban J connectivity index is 2.07. The van der Waals surface area contributed by atoms with E-state index in [1.54, 1.807) is 25.2 Å². The largest absolute Gasteiger partial charge is 0.489 e. The van der Waals surface area contributed by atoms with Gasteiger partial charge in [-0.05, 0) is 42.9 Å². The molecular weight excluding hydrogens is 275 g/mol. The Labute approximate surface area is 121 Å². The molecule has 0 saturated carbocycles. The molecule has 0 atom stereocenters. The standard InChI is InChI=1S/C15H15FN2O3/c1-17-9-12-8-13(16)4-7-15(12)21-10-11-2-5-14(6-3-11)18(19)20/h2-8,17H,9-10H2,1H3. The van der Waals surface area contributed by atoms with Crippen molar-refractivity contribution in [2.24, 2.45) is 0 Å². The zero-order valence-electron chi connectivity index (χ0n) is 11.5. The van der Waals surface area contributed by atoms with Gasteiger partial charge in [-0.3, -0.25) is 10.1 Å². The predicted octanol–water partition coefficient (Wildman–Crippen LogP) is 3.03. The van der Waals surface area contributed by atoms with Crippen molar-refractivity contribution in [2.45, 2.75) is 13.2 Å². The second kappa shape index (κ2) is 6.81. The van der Waals surface area contributed by atoms with Crippen molar-refractivity contribution in [1.82, 2.24) is 5.32 Å². The van der Waals surface area contributed by atoms with Gasteiger partial charge in [0, 0.05) is 24.2 Å². The number of nitrogens with one attached hydrogen (secondary N) is 1. The first-order chi connectivity index (χ1) is 10.1. The smallest absolute Gasteiger partial charge is 0.269 e. The first-order valence-electron chi connectivity index (χ1n) is 6.39. The molecule has 0 spiro atoms. The van der Waals surface area contributed by atoms with Crippen LogP contribution in [0.25, 0.3) is 0 Å². The summed E-state index contributed by atoms with van der Waals surface area (Å²) in [5.74, 6) is 0.270. The highest BCUT2D eigenvalue weighted by molar-refractivity contribution is 5.35. The molecule has 0 radical (unpaired) electrons. The Kier molecular flexibility index (Phi) is 4.84. The van der Waals surface area contributed by atoms with Gasteiger partial charge in [0.15, 0.2) is 0 Å². The van der Waals surface area contributed by atoms with Crippen LogP contribution in [0.2, 0.25) is 0 Å². The summed E-state index contributed by atoms with van der Waals surface area (Å²) in [4.78, 5) is 10.1. The summed E-state index contributed by atoms with van der Waals surface area (Å²) < 4.78 is 18.9. The molecule has 0 aromatic heterocycles. The zero-order chi connectivity index (χ0) is 15.2. The van der Waals surface area contributed by atoms with Crippen molar-refractivity contribution in [2.75, 3.05) is 7.05 Å². The first kappa shape index (κ1) is 14.9. The van der Waals surface area contributed by atoms with Gasteiger partial charge in [0.2, 0.25) is 0 Å². The molecule has 0 unspecified atom stereocenters. The second-order valence-corrected chi connectivity index (χ2v) is 4.49. The third-order valence-corrected chi connectivity index (χ3v) is 2.93. The average Bonchev–Trinajstić information content (AvgIpc) is 2.47. The van der Waals surface area contributed by atoms with Crippen LogP contribution < -0.4 is 10.1 Å². The number of hydrogen-bond donors (Lipinski definition) is 1.